The van der Waals surface area contributed by atoms with Gasteiger partial charge >= 0.3 is 0 Å². The number of H-pyrrole nitrogens is 1. The second-order valence-electron chi connectivity index (χ2n) is 5.21. The van der Waals surface area contributed by atoms with Gasteiger partial charge in [0, 0.05) is 31.1 Å². The largest absolute Gasteiger partial charge is 0.352 e. The molecule has 0 unspecified atom stereocenters. The third kappa shape index (κ3) is 2.72. The predicted octanol–water partition coefficient (Wildman–Crippen LogP) is 1.21. The van der Waals surface area contributed by atoms with Gasteiger partial charge in [-0.25, -0.2) is 4.98 Å². The zero-order chi connectivity index (χ0) is 13.1. The van der Waals surface area contributed by atoms with E-state index in [0.717, 1.165) is 18.2 Å². The quantitative estimate of drug-likeness (QED) is 0.823. The van der Waals surface area contributed by atoms with Gasteiger partial charge < -0.3 is 15.6 Å². The standard InChI is InChI=1S/C13H22N4O/c1-9(2)13-15-11(8-12(18)16-13)17(7-6-14)10-4-3-5-10/h8-10H,3-7,14H2,1-2H3,(H,15,16,18). The Hall–Kier alpha value is -1.36. The maximum Gasteiger partial charge on any atom is 0.252 e. The van der Waals surface area contributed by atoms with Crippen molar-refractivity contribution in [2.45, 2.75) is 45.1 Å². The Morgan fingerprint density at radius 2 is 2.28 bits per heavy atom. The van der Waals surface area contributed by atoms with Crippen LogP contribution in [-0.2, 0) is 0 Å². The average molecular weight is 250 g/mol. The van der Waals surface area contributed by atoms with Gasteiger partial charge in [-0.2, -0.15) is 0 Å². The van der Waals surface area contributed by atoms with Crippen LogP contribution in [0.1, 0.15) is 44.9 Å². The second-order valence-corrected chi connectivity index (χ2v) is 5.21. The molecule has 1 aromatic heterocycles. The maximum atomic E-state index is 11.7. The zero-order valence-electron chi connectivity index (χ0n) is 11.1. The lowest BCUT2D eigenvalue weighted by atomic mass is 9.91. The number of nitrogens with two attached hydrogens (primary N) is 1. The number of hydrogen-bond donors (Lipinski definition) is 2. The number of nitrogens with zero attached hydrogens (tertiary/aromatic N) is 2. The molecule has 0 bridgehead atoms. The molecule has 1 aliphatic carbocycles. The van der Waals surface area contributed by atoms with Crippen molar-refractivity contribution in [2.24, 2.45) is 5.73 Å². The summed E-state index contributed by atoms with van der Waals surface area (Å²) in [4.78, 5) is 21.2. The van der Waals surface area contributed by atoms with E-state index in [9.17, 15) is 4.79 Å². The van der Waals surface area contributed by atoms with Gasteiger partial charge in [0.15, 0.2) is 0 Å². The van der Waals surface area contributed by atoms with Crippen LogP contribution in [0, 0.1) is 0 Å². The van der Waals surface area contributed by atoms with Gasteiger partial charge in [0.1, 0.15) is 11.6 Å². The van der Waals surface area contributed by atoms with E-state index in [-0.39, 0.29) is 11.5 Å². The lowest BCUT2D eigenvalue weighted by molar-refractivity contribution is 0.385. The van der Waals surface area contributed by atoms with Crippen molar-refractivity contribution < 1.29 is 0 Å². The molecule has 0 aliphatic heterocycles. The number of hydrogen-bond acceptors (Lipinski definition) is 4. The van der Waals surface area contributed by atoms with Gasteiger partial charge in [-0.3, -0.25) is 4.79 Å². The minimum Gasteiger partial charge on any atom is -0.352 e. The Kier molecular flexibility index (Phi) is 4.01. The molecule has 1 fully saturated rings. The van der Waals surface area contributed by atoms with E-state index < -0.39 is 0 Å². The number of rotatable bonds is 5. The van der Waals surface area contributed by atoms with E-state index in [0.29, 0.717) is 12.6 Å². The lowest BCUT2D eigenvalue weighted by Gasteiger charge is -2.38. The smallest absolute Gasteiger partial charge is 0.252 e. The van der Waals surface area contributed by atoms with E-state index in [2.05, 4.69) is 14.9 Å². The molecule has 0 atom stereocenters. The summed E-state index contributed by atoms with van der Waals surface area (Å²) < 4.78 is 0. The molecule has 5 nitrogen and oxygen atoms in total. The van der Waals surface area contributed by atoms with Crippen molar-refractivity contribution in [1.82, 2.24) is 9.97 Å². The summed E-state index contributed by atoms with van der Waals surface area (Å²) in [7, 11) is 0. The molecule has 0 aromatic carbocycles. The van der Waals surface area contributed by atoms with Crippen molar-refractivity contribution in [2.75, 3.05) is 18.0 Å². The molecular formula is C13H22N4O. The van der Waals surface area contributed by atoms with Gasteiger partial charge in [0.2, 0.25) is 0 Å². The fourth-order valence-electron chi connectivity index (χ4n) is 2.21. The third-order valence-electron chi connectivity index (χ3n) is 3.47. The monoisotopic (exact) mass is 250 g/mol. The van der Waals surface area contributed by atoms with Crippen LogP contribution in [0.25, 0.3) is 0 Å². The average Bonchev–Trinajstić information content (AvgIpc) is 2.25. The minimum atomic E-state index is -0.0787. The van der Waals surface area contributed by atoms with Crippen molar-refractivity contribution in [1.29, 1.82) is 0 Å². The zero-order valence-corrected chi connectivity index (χ0v) is 11.1. The Labute approximate surface area is 107 Å². The van der Waals surface area contributed by atoms with Gasteiger partial charge in [-0.15, -0.1) is 0 Å². The maximum absolute atomic E-state index is 11.7. The molecule has 5 heteroatoms. The highest BCUT2D eigenvalue weighted by Gasteiger charge is 2.26. The van der Waals surface area contributed by atoms with Crippen LogP contribution < -0.4 is 16.2 Å². The van der Waals surface area contributed by atoms with E-state index >= 15 is 0 Å². The molecule has 18 heavy (non-hydrogen) atoms. The predicted molar refractivity (Wildman–Crippen MR) is 73.0 cm³/mol. The summed E-state index contributed by atoms with van der Waals surface area (Å²) in [6.07, 6.45) is 3.60. The normalized spacial score (nSPS) is 15.8. The first kappa shape index (κ1) is 13.1. The summed E-state index contributed by atoms with van der Waals surface area (Å²) in [6.45, 7) is 5.40. The Balaban J connectivity index is 2.31. The molecule has 1 heterocycles. The topological polar surface area (TPSA) is 75.0 Å². The summed E-state index contributed by atoms with van der Waals surface area (Å²) in [6, 6.07) is 2.09. The van der Waals surface area contributed by atoms with Crippen molar-refractivity contribution in [3.05, 3.63) is 22.2 Å². The van der Waals surface area contributed by atoms with Crippen LogP contribution in [0.3, 0.4) is 0 Å². The highest BCUT2D eigenvalue weighted by molar-refractivity contribution is 5.40. The Bertz CT molecular complexity index is 451. The lowest BCUT2D eigenvalue weighted by Crippen LogP contribution is -2.44. The number of aromatic nitrogens is 2. The first-order valence-corrected chi connectivity index (χ1v) is 6.69. The SMILES string of the molecule is CC(C)c1nc(N(CCN)C2CCC2)cc(=O)[nH]1. The van der Waals surface area contributed by atoms with Crippen LogP contribution in [-0.4, -0.2) is 29.1 Å². The first-order chi connectivity index (χ1) is 8.61. The molecule has 3 N–H and O–H groups in total. The number of anilines is 1. The number of nitrogens with one attached hydrogen (secondary N) is 1. The molecule has 0 amide bonds. The summed E-state index contributed by atoms with van der Waals surface area (Å²) in [5.74, 6) is 1.75. The molecule has 0 spiro atoms. The van der Waals surface area contributed by atoms with Crippen LogP contribution in [0.15, 0.2) is 10.9 Å². The highest BCUT2D eigenvalue weighted by atomic mass is 16.1. The summed E-state index contributed by atoms with van der Waals surface area (Å²) in [5.41, 5.74) is 5.59. The van der Waals surface area contributed by atoms with Crippen LogP contribution in [0.5, 0.6) is 0 Å². The fraction of sp³-hybridized carbons (Fsp3) is 0.692. The fourth-order valence-corrected chi connectivity index (χ4v) is 2.21. The molecule has 1 aliphatic rings. The molecule has 100 valence electrons. The third-order valence-corrected chi connectivity index (χ3v) is 3.47. The van der Waals surface area contributed by atoms with E-state index in [4.69, 9.17) is 5.73 Å². The van der Waals surface area contributed by atoms with Gasteiger partial charge in [0.25, 0.3) is 5.56 Å². The van der Waals surface area contributed by atoms with Crippen molar-refractivity contribution >= 4 is 5.82 Å². The summed E-state index contributed by atoms with van der Waals surface area (Å²) in [5, 5.41) is 0. The second kappa shape index (κ2) is 5.52. The molecular weight excluding hydrogens is 228 g/mol. The van der Waals surface area contributed by atoms with Crippen LogP contribution in [0.2, 0.25) is 0 Å². The van der Waals surface area contributed by atoms with Crippen molar-refractivity contribution in [3.63, 3.8) is 0 Å². The minimum absolute atomic E-state index is 0.0787. The van der Waals surface area contributed by atoms with Gasteiger partial charge in [0.05, 0.1) is 0 Å². The first-order valence-electron chi connectivity index (χ1n) is 6.69. The Morgan fingerprint density at radius 1 is 1.56 bits per heavy atom. The number of aromatic amines is 1. The summed E-state index contributed by atoms with van der Waals surface area (Å²) >= 11 is 0. The highest BCUT2D eigenvalue weighted by Crippen LogP contribution is 2.28. The molecule has 1 saturated carbocycles. The van der Waals surface area contributed by atoms with Crippen LogP contribution >= 0.6 is 0 Å². The van der Waals surface area contributed by atoms with E-state index in [1.165, 1.54) is 19.3 Å². The van der Waals surface area contributed by atoms with Crippen molar-refractivity contribution in [3.8, 4) is 0 Å². The van der Waals surface area contributed by atoms with Gasteiger partial charge in [-0.1, -0.05) is 13.8 Å². The molecule has 0 saturated heterocycles. The molecule has 0 radical (unpaired) electrons. The Morgan fingerprint density at radius 3 is 2.78 bits per heavy atom. The molecule has 1 aromatic rings. The van der Waals surface area contributed by atoms with Crippen LogP contribution in [0.4, 0.5) is 5.82 Å². The van der Waals surface area contributed by atoms with E-state index in [1.807, 2.05) is 13.8 Å². The van der Waals surface area contributed by atoms with E-state index in [1.54, 1.807) is 6.07 Å². The van der Waals surface area contributed by atoms with Gasteiger partial charge in [-0.05, 0) is 19.3 Å². The molecule has 2 rings (SSSR count).